The lowest BCUT2D eigenvalue weighted by Crippen LogP contribution is -2.28. The SMILES string of the molecule is CC(=O)n1ncn2nc(C)cc2c1=O. The van der Waals surface area contributed by atoms with Crippen molar-refractivity contribution in [3.8, 4) is 0 Å². The number of fused-ring (bicyclic) bond motifs is 1. The fraction of sp³-hybridized carbons (Fsp3) is 0.250. The molecule has 0 saturated carbocycles. The van der Waals surface area contributed by atoms with Crippen LogP contribution in [0, 0.1) is 6.92 Å². The molecule has 0 amide bonds. The van der Waals surface area contributed by atoms with Gasteiger partial charge in [-0.1, -0.05) is 0 Å². The molecule has 0 aromatic carbocycles. The third-order valence-corrected chi connectivity index (χ3v) is 1.84. The van der Waals surface area contributed by atoms with Gasteiger partial charge in [-0.15, -0.1) is 0 Å². The zero-order valence-corrected chi connectivity index (χ0v) is 7.76. The van der Waals surface area contributed by atoms with Crippen LogP contribution in [0.2, 0.25) is 0 Å². The maximum absolute atomic E-state index is 11.6. The first-order chi connectivity index (χ1) is 6.59. The molecule has 0 fully saturated rings. The summed E-state index contributed by atoms with van der Waals surface area (Å²) < 4.78 is 2.17. The van der Waals surface area contributed by atoms with Crippen LogP contribution in [-0.4, -0.2) is 25.3 Å². The van der Waals surface area contributed by atoms with Gasteiger partial charge in [0.1, 0.15) is 11.8 Å². The molecule has 72 valence electrons. The Hall–Kier alpha value is -1.98. The number of hydrogen-bond acceptors (Lipinski definition) is 4. The van der Waals surface area contributed by atoms with Crippen molar-refractivity contribution in [1.82, 2.24) is 19.4 Å². The fourth-order valence-electron chi connectivity index (χ4n) is 1.25. The Kier molecular flexibility index (Phi) is 1.70. The number of hydrogen-bond donors (Lipinski definition) is 0. The molecule has 14 heavy (non-hydrogen) atoms. The molecule has 2 rings (SSSR count). The minimum Gasteiger partial charge on any atom is -0.273 e. The predicted octanol–water partition coefficient (Wildman–Crippen LogP) is -0.140. The molecule has 0 aliphatic rings. The van der Waals surface area contributed by atoms with Gasteiger partial charge in [0.05, 0.1) is 5.69 Å². The molecule has 0 aliphatic heterocycles. The van der Waals surface area contributed by atoms with Gasteiger partial charge in [-0.05, 0) is 13.0 Å². The lowest BCUT2D eigenvalue weighted by atomic mass is 10.4. The van der Waals surface area contributed by atoms with Crippen LogP contribution in [-0.2, 0) is 0 Å². The monoisotopic (exact) mass is 192 g/mol. The van der Waals surface area contributed by atoms with E-state index in [1.165, 1.54) is 17.8 Å². The molecule has 0 unspecified atom stereocenters. The van der Waals surface area contributed by atoms with Crippen molar-refractivity contribution < 1.29 is 4.79 Å². The first-order valence-electron chi connectivity index (χ1n) is 4.05. The number of aryl methyl sites for hydroxylation is 1. The van der Waals surface area contributed by atoms with E-state index in [-0.39, 0.29) is 0 Å². The van der Waals surface area contributed by atoms with E-state index in [0.717, 1.165) is 4.68 Å². The molecular weight excluding hydrogens is 184 g/mol. The Balaban J connectivity index is 2.88. The highest BCUT2D eigenvalue weighted by molar-refractivity contribution is 5.75. The van der Waals surface area contributed by atoms with Crippen molar-refractivity contribution in [2.24, 2.45) is 0 Å². The Morgan fingerprint density at radius 3 is 2.86 bits per heavy atom. The summed E-state index contributed by atoms with van der Waals surface area (Å²) in [6.45, 7) is 3.05. The molecule has 0 radical (unpaired) electrons. The van der Waals surface area contributed by atoms with Crippen molar-refractivity contribution in [2.75, 3.05) is 0 Å². The van der Waals surface area contributed by atoms with Crippen LogP contribution in [0.15, 0.2) is 17.2 Å². The summed E-state index contributed by atoms with van der Waals surface area (Å²) in [7, 11) is 0. The molecule has 2 heterocycles. The van der Waals surface area contributed by atoms with Crippen molar-refractivity contribution in [1.29, 1.82) is 0 Å². The Morgan fingerprint density at radius 1 is 1.50 bits per heavy atom. The zero-order valence-electron chi connectivity index (χ0n) is 7.76. The zero-order chi connectivity index (χ0) is 10.3. The summed E-state index contributed by atoms with van der Waals surface area (Å²) >= 11 is 0. The van der Waals surface area contributed by atoms with Gasteiger partial charge >= 0.3 is 0 Å². The summed E-state index contributed by atoms with van der Waals surface area (Å²) in [5.74, 6) is -0.406. The molecule has 0 spiro atoms. The van der Waals surface area contributed by atoms with Crippen LogP contribution >= 0.6 is 0 Å². The average Bonchev–Trinajstić information content (AvgIpc) is 2.46. The van der Waals surface area contributed by atoms with Crippen LogP contribution in [0.3, 0.4) is 0 Å². The molecule has 0 aliphatic carbocycles. The number of carbonyl (C=O) groups excluding carboxylic acids is 1. The molecular formula is C8H8N4O2. The maximum atomic E-state index is 11.6. The molecule has 0 N–H and O–H groups in total. The van der Waals surface area contributed by atoms with Gasteiger partial charge < -0.3 is 0 Å². The third kappa shape index (κ3) is 1.12. The van der Waals surface area contributed by atoms with Gasteiger partial charge in [0.15, 0.2) is 0 Å². The maximum Gasteiger partial charge on any atom is 0.300 e. The largest absolute Gasteiger partial charge is 0.300 e. The topological polar surface area (TPSA) is 69.3 Å². The van der Waals surface area contributed by atoms with E-state index in [9.17, 15) is 9.59 Å². The first kappa shape index (κ1) is 8.61. The van der Waals surface area contributed by atoms with Crippen molar-refractivity contribution in [2.45, 2.75) is 13.8 Å². The Labute approximate surface area is 78.8 Å². The van der Waals surface area contributed by atoms with Crippen molar-refractivity contribution in [3.63, 3.8) is 0 Å². The molecule has 0 atom stereocenters. The number of rotatable bonds is 0. The van der Waals surface area contributed by atoms with Crippen LogP contribution in [0.4, 0.5) is 0 Å². The van der Waals surface area contributed by atoms with E-state index in [1.54, 1.807) is 13.0 Å². The highest BCUT2D eigenvalue weighted by atomic mass is 16.2. The molecule has 2 aromatic rings. The van der Waals surface area contributed by atoms with E-state index in [1.807, 2.05) is 0 Å². The van der Waals surface area contributed by atoms with E-state index >= 15 is 0 Å². The lowest BCUT2D eigenvalue weighted by Gasteiger charge is -1.97. The van der Waals surface area contributed by atoms with Crippen LogP contribution in [0.5, 0.6) is 0 Å². The number of nitrogens with zero attached hydrogens (tertiary/aromatic N) is 4. The summed E-state index contributed by atoms with van der Waals surface area (Å²) in [6, 6.07) is 1.61. The second-order valence-electron chi connectivity index (χ2n) is 2.98. The van der Waals surface area contributed by atoms with Gasteiger partial charge in [-0.25, -0.2) is 4.52 Å². The van der Waals surface area contributed by atoms with Gasteiger partial charge in [0.25, 0.3) is 5.56 Å². The van der Waals surface area contributed by atoms with Crippen LogP contribution in [0.1, 0.15) is 17.4 Å². The quantitative estimate of drug-likeness (QED) is 0.582. The van der Waals surface area contributed by atoms with Crippen molar-refractivity contribution in [3.05, 3.63) is 28.4 Å². The smallest absolute Gasteiger partial charge is 0.273 e. The Bertz CT molecular complexity index is 566. The van der Waals surface area contributed by atoms with Gasteiger partial charge in [-0.3, -0.25) is 9.59 Å². The predicted molar refractivity (Wildman–Crippen MR) is 48.3 cm³/mol. The Morgan fingerprint density at radius 2 is 2.21 bits per heavy atom. The first-order valence-corrected chi connectivity index (χ1v) is 4.05. The van der Waals surface area contributed by atoms with Gasteiger partial charge in [0.2, 0.25) is 5.91 Å². The molecule has 2 aromatic heterocycles. The second-order valence-corrected chi connectivity index (χ2v) is 2.98. The van der Waals surface area contributed by atoms with Crippen LogP contribution in [0.25, 0.3) is 5.52 Å². The summed E-state index contributed by atoms with van der Waals surface area (Å²) in [6.07, 6.45) is 1.34. The molecule has 0 saturated heterocycles. The van der Waals surface area contributed by atoms with E-state index in [2.05, 4.69) is 10.2 Å². The average molecular weight is 192 g/mol. The molecule has 6 heteroatoms. The summed E-state index contributed by atoms with van der Waals surface area (Å²) in [5.41, 5.74) is 0.624. The molecule has 6 nitrogen and oxygen atoms in total. The summed E-state index contributed by atoms with van der Waals surface area (Å²) in [5, 5.41) is 7.68. The number of aromatic nitrogens is 4. The summed E-state index contributed by atoms with van der Waals surface area (Å²) in [4.78, 5) is 22.6. The third-order valence-electron chi connectivity index (χ3n) is 1.84. The minimum atomic E-state index is -0.444. The van der Waals surface area contributed by atoms with E-state index in [0.29, 0.717) is 11.2 Å². The van der Waals surface area contributed by atoms with Crippen molar-refractivity contribution >= 4 is 11.4 Å². The van der Waals surface area contributed by atoms with Gasteiger partial charge in [-0.2, -0.15) is 14.9 Å². The van der Waals surface area contributed by atoms with E-state index in [4.69, 9.17) is 0 Å². The number of carbonyl (C=O) groups is 1. The fourth-order valence-corrected chi connectivity index (χ4v) is 1.25. The molecule has 0 bridgehead atoms. The van der Waals surface area contributed by atoms with Crippen LogP contribution < -0.4 is 5.56 Å². The van der Waals surface area contributed by atoms with E-state index < -0.39 is 11.5 Å². The lowest BCUT2D eigenvalue weighted by molar-refractivity contribution is 0.0914. The second kappa shape index (κ2) is 2.76. The highest BCUT2D eigenvalue weighted by Gasteiger charge is 2.08. The normalized spacial score (nSPS) is 10.7. The highest BCUT2D eigenvalue weighted by Crippen LogP contribution is 1.97. The minimum absolute atomic E-state index is 0.354. The van der Waals surface area contributed by atoms with Gasteiger partial charge in [0, 0.05) is 6.92 Å². The standard InChI is InChI=1S/C8H8N4O2/c1-5-3-7-8(14)12(6(2)13)9-4-11(7)10-5/h3-4H,1-2H3.